The van der Waals surface area contributed by atoms with E-state index in [-0.39, 0.29) is 0 Å². The maximum atomic E-state index is 5.57. The van der Waals surface area contributed by atoms with Gasteiger partial charge in [-0.05, 0) is 32.4 Å². The first-order chi connectivity index (χ1) is 9.74. The Kier molecular flexibility index (Phi) is 7.32. The molecule has 2 N–H and O–H groups in total. The standard InChI is InChI=1S/C15H25N3O2/c1-5-10-17-15(16-6-2)18-12-8-9-13(19-4)14(11-12)20-7-3/h8-9,11H,5-7,10H2,1-4H3,(H2,16,17,18). The maximum absolute atomic E-state index is 5.57. The highest BCUT2D eigenvalue weighted by Gasteiger charge is 2.06. The van der Waals surface area contributed by atoms with Crippen LogP contribution in [0.5, 0.6) is 11.5 Å². The maximum Gasteiger partial charge on any atom is 0.195 e. The van der Waals surface area contributed by atoms with Crippen LogP contribution in [0.2, 0.25) is 0 Å². The number of aliphatic imine (C=N–C) groups is 1. The summed E-state index contributed by atoms with van der Waals surface area (Å²) in [5.41, 5.74) is 0.921. The van der Waals surface area contributed by atoms with Gasteiger partial charge < -0.3 is 20.1 Å². The third kappa shape index (κ3) is 4.99. The van der Waals surface area contributed by atoms with Crippen LogP contribution in [-0.2, 0) is 0 Å². The molecule has 0 saturated carbocycles. The van der Waals surface area contributed by atoms with Gasteiger partial charge in [0.1, 0.15) is 0 Å². The minimum absolute atomic E-state index is 0.601. The number of hydrogen-bond acceptors (Lipinski definition) is 3. The van der Waals surface area contributed by atoms with Crippen molar-refractivity contribution in [3.05, 3.63) is 18.2 Å². The molecule has 112 valence electrons. The van der Waals surface area contributed by atoms with Crippen LogP contribution in [0.4, 0.5) is 5.69 Å². The molecule has 1 rings (SSSR count). The molecule has 0 unspecified atom stereocenters. The molecule has 0 bridgehead atoms. The lowest BCUT2D eigenvalue weighted by Gasteiger charge is -2.14. The summed E-state index contributed by atoms with van der Waals surface area (Å²) >= 11 is 0. The minimum atomic E-state index is 0.601. The highest BCUT2D eigenvalue weighted by atomic mass is 16.5. The van der Waals surface area contributed by atoms with Crippen LogP contribution in [-0.4, -0.2) is 32.8 Å². The molecule has 0 fully saturated rings. The predicted octanol–water partition coefficient (Wildman–Crippen LogP) is 2.88. The zero-order valence-electron chi connectivity index (χ0n) is 12.8. The normalized spacial score (nSPS) is 11.1. The monoisotopic (exact) mass is 279 g/mol. The lowest BCUT2D eigenvalue weighted by Crippen LogP contribution is -2.30. The molecule has 0 aliphatic rings. The Hall–Kier alpha value is -1.91. The molecule has 0 aromatic heterocycles. The molecule has 1 aromatic carbocycles. The van der Waals surface area contributed by atoms with Crippen molar-refractivity contribution in [2.45, 2.75) is 27.2 Å². The van der Waals surface area contributed by atoms with E-state index in [1.54, 1.807) is 7.11 Å². The molecule has 0 spiro atoms. The highest BCUT2D eigenvalue weighted by Crippen LogP contribution is 2.30. The van der Waals surface area contributed by atoms with Gasteiger partial charge in [0, 0.05) is 24.8 Å². The van der Waals surface area contributed by atoms with E-state index in [9.17, 15) is 0 Å². The number of methoxy groups -OCH3 is 1. The third-order valence-corrected chi connectivity index (χ3v) is 2.56. The van der Waals surface area contributed by atoms with Crippen LogP contribution in [0.25, 0.3) is 0 Å². The quantitative estimate of drug-likeness (QED) is 0.595. The number of ether oxygens (including phenoxy) is 2. The summed E-state index contributed by atoms with van der Waals surface area (Å²) in [5, 5.41) is 6.48. The molecule has 0 aliphatic carbocycles. The van der Waals surface area contributed by atoms with Crippen molar-refractivity contribution in [2.75, 3.05) is 32.1 Å². The number of rotatable bonds is 7. The number of nitrogens with one attached hydrogen (secondary N) is 2. The van der Waals surface area contributed by atoms with Gasteiger partial charge in [-0.2, -0.15) is 0 Å². The molecule has 0 atom stereocenters. The van der Waals surface area contributed by atoms with Crippen molar-refractivity contribution in [3.63, 3.8) is 0 Å². The van der Waals surface area contributed by atoms with Gasteiger partial charge in [-0.25, -0.2) is 0 Å². The van der Waals surface area contributed by atoms with Gasteiger partial charge in [-0.3, -0.25) is 4.99 Å². The first-order valence-electron chi connectivity index (χ1n) is 7.11. The number of benzene rings is 1. The molecular formula is C15H25N3O2. The molecule has 5 nitrogen and oxygen atoms in total. The summed E-state index contributed by atoms with van der Waals surface area (Å²) in [6.45, 7) is 8.32. The van der Waals surface area contributed by atoms with Crippen molar-refractivity contribution in [1.82, 2.24) is 5.32 Å². The van der Waals surface area contributed by atoms with Crippen molar-refractivity contribution in [1.29, 1.82) is 0 Å². The smallest absolute Gasteiger partial charge is 0.195 e. The van der Waals surface area contributed by atoms with Gasteiger partial charge in [-0.1, -0.05) is 6.92 Å². The van der Waals surface area contributed by atoms with Crippen LogP contribution >= 0.6 is 0 Å². The SMILES string of the molecule is CCCN=C(NCC)Nc1ccc(OC)c(OCC)c1. The van der Waals surface area contributed by atoms with Gasteiger partial charge in [-0.15, -0.1) is 0 Å². The number of anilines is 1. The summed E-state index contributed by atoms with van der Waals surface area (Å²) in [6, 6.07) is 5.75. The Labute approximate surface area is 121 Å². The van der Waals surface area contributed by atoms with Gasteiger partial charge in [0.2, 0.25) is 0 Å². The molecular weight excluding hydrogens is 254 g/mol. The van der Waals surface area contributed by atoms with Gasteiger partial charge in [0.25, 0.3) is 0 Å². The molecule has 0 amide bonds. The Balaban J connectivity index is 2.86. The van der Waals surface area contributed by atoms with Crippen LogP contribution in [0, 0.1) is 0 Å². The topological polar surface area (TPSA) is 54.9 Å². The van der Waals surface area contributed by atoms with Crippen molar-refractivity contribution >= 4 is 11.6 Å². The van der Waals surface area contributed by atoms with E-state index < -0.39 is 0 Å². The predicted molar refractivity (Wildman–Crippen MR) is 84.1 cm³/mol. The molecule has 5 heteroatoms. The molecule has 0 radical (unpaired) electrons. The zero-order chi connectivity index (χ0) is 14.8. The Bertz CT molecular complexity index is 433. The average Bonchev–Trinajstić information content (AvgIpc) is 2.46. The fourth-order valence-corrected chi connectivity index (χ4v) is 1.69. The summed E-state index contributed by atoms with van der Waals surface area (Å²) in [4.78, 5) is 4.47. The van der Waals surface area contributed by atoms with Crippen LogP contribution < -0.4 is 20.1 Å². The van der Waals surface area contributed by atoms with Crippen molar-refractivity contribution in [2.24, 2.45) is 4.99 Å². The van der Waals surface area contributed by atoms with E-state index in [0.717, 1.165) is 42.7 Å². The van der Waals surface area contributed by atoms with Gasteiger partial charge in [0.05, 0.1) is 13.7 Å². The largest absolute Gasteiger partial charge is 0.493 e. The van der Waals surface area contributed by atoms with Gasteiger partial charge >= 0.3 is 0 Å². The summed E-state index contributed by atoms with van der Waals surface area (Å²) in [5.74, 6) is 2.24. The molecule has 1 aromatic rings. The second kappa shape index (κ2) is 9.07. The number of nitrogens with zero attached hydrogens (tertiary/aromatic N) is 1. The number of guanidine groups is 1. The average molecular weight is 279 g/mol. The fraction of sp³-hybridized carbons (Fsp3) is 0.533. The molecule has 20 heavy (non-hydrogen) atoms. The first kappa shape index (κ1) is 16.1. The van der Waals surface area contributed by atoms with E-state index in [1.807, 2.05) is 32.0 Å². The van der Waals surface area contributed by atoms with Gasteiger partial charge in [0.15, 0.2) is 17.5 Å². The lowest BCUT2D eigenvalue weighted by atomic mass is 10.2. The zero-order valence-corrected chi connectivity index (χ0v) is 12.8. The molecule has 0 heterocycles. The van der Waals surface area contributed by atoms with E-state index in [0.29, 0.717) is 6.61 Å². The second-order valence-electron chi connectivity index (χ2n) is 4.18. The minimum Gasteiger partial charge on any atom is -0.493 e. The Morgan fingerprint density at radius 3 is 2.60 bits per heavy atom. The Morgan fingerprint density at radius 1 is 1.20 bits per heavy atom. The van der Waals surface area contributed by atoms with Crippen molar-refractivity contribution in [3.8, 4) is 11.5 Å². The van der Waals surface area contributed by atoms with E-state index in [1.165, 1.54) is 0 Å². The summed E-state index contributed by atoms with van der Waals surface area (Å²) in [7, 11) is 1.64. The highest BCUT2D eigenvalue weighted by molar-refractivity contribution is 5.93. The van der Waals surface area contributed by atoms with Crippen molar-refractivity contribution < 1.29 is 9.47 Å². The lowest BCUT2D eigenvalue weighted by molar-refractivity contribution is 0.311. The Morgan fingerprint density at radius 2 is 2.00 bits per heavy atom. The first-order valence-corrected chi connectivity index (χ1v) is 7.11. The molecule has 0 saturated heterocycles. The third-order valence-electron chi connectivity index (χ3n) is 2.56. The van der Waals surface area contributed by atoms with E-state index >= 15 is 0 Å². The van der Waals surface area contributed by atoms with E-state index in [2.05, 4.69) is 22.5 Å². The fourth-order valence-electron chi connectivity index (χ4n) is 1.69. The second-order valence-corrected chi connectivity index (χ2v) is 4.18. The molecule has 0 aliphatic heterocycles. The number of hydrogen-bond donors (Lipinski definition) is 2. The van der Waals surface area contributed by atoms with Crippen LogP contribution in [0.1, 0.15) is 27.2 Å². The van der Waals surface area contributed by atoms with Crippen LogP contribution in [0.3, 0.4) is 0 Å². The summed E-state index contributed by atoms with van der Waals surface area (Å²) < 4.78 is 10.8. The van der Waals surface area contributed by atoms with E-state index in [4.69, 9.17) is 9.47 Å². The summed E-state index contributed by atoms with van der Waals surface area (Å²) in [6.07, 6.45) is 1.02. The van der Waals surface area contributed by atoms with Crippen LogP contribution in [0.15, 0.2) is 23.2 Å².